The van der Waals surface area contributed by atoms with E-state index in [9.17, 15) is 4.79 Å². The van der Waals surface area contributed by atoms with E-state index in [2.05, 4.69) is 102 Å². The number of amides is 1. The summed E-state index contributed by atoms with van der Waals surface area (Å²) in [5, 5.41) is 10.1. The average Bonchev–Trinajstić information content (AvgIpc) is 3.17. The Morgan fingerprint density at radius 1 is 1.14 bits per heavy atom. The van der Waals surface area contributed by atoms with E-state index in [0.29, 0.717) is 5.11 Å². The molecule has 194 valence electrons. The molecule has 36 heavy (non-hydrogen) atoms. The number of hydrogen-bond acceptors (Lipinski definition) is 7. The van der Waals surface area contributed by atoms with Crippen molar-refractivity contribution in [1.29, 1.82) is 0 Å². The van der Waals surface area contributed by atoms with Gasteiger partial charge in [-0.05, 0) is 81.9 Å². The molecule has 1 heterocycles. The quantitative estimate of drug-likeness (QED) is 0.184. The fourth-order valence-electron chi connectivity index (χ4n) is 3.57. The summed E-state index contributed by atoms with van der Waals surface area (Å²) >= 11 is 8.78. The molecule has 2 aromatic rings. The van der Waals surface area contributed by atoms with Crippen LogP contribution in [-0.2, 0) is 4.79 Å². The van der Waals surface area contributed by atoms with E-state index < -0.39 is 0 Å². The molecular weight excluding hydrogens is 509 g/mol. The van der Waals surface area contributed by atoms with Crippen LogP contribution >= 0.6 is 35.9 Å². The molecule has 0 saturated heterocycles. The van der Waals surface area contributed by atoms with Crippen LogP contribution in [0.4, 0.5) is 11.4 Å². The Labute approximate surface area is 229 Å². The van der Waals surface area contributed by atoms with E-state index in [0.717, 1.165) is 34.9 Å². The lowest BCUT2D eigenvalue weighted by Crippen LogP contribution is -2.33. The predicted molar refractivity (Wildman–Crippen MR) is 160 cm³/mol. The van der Waals surface area contributed by atoms with E-state index in [1.54, 1.807) is 11.9 Å². The zero-order valence-corrected chi connectivity index (χ0v) is 24.2. The lowest BCUT2D eigenvalue weighted by atomic mass is 10.2. The van der Waals surface area contributed by atoms with Gasteiger partial charge in [-0.15, -0.1) is 0 Å². The molecule has 7 nitrogen and oxygen atoms in total. The lowest BCUT2D eigenvalue weighted by molar-refractivity contribution is -0.114. The number of carbonyl (C=O) groups is 1. The highest BCUT2D eigenvalue weighted by molar-refractivity contribution is 8.08. The first-order valence-electron chi connectivity index (χ1n) is 11.9. The Kier molecular flexibility index (Phi) is 10.5. The molecule has 0 bridgehead atoms. The first-order valence-corrected chi connectivity index (χ1v) is 14.0. The van der Waals surface area contributed by atoms with E-state index in [1.165, 1.54) is 17.4 Å². The number of benzene rings is 2. The molecule has 1 amide bonds. The van der Waals surface area contributed by atoms with Gasteiger partial charge in [-0.25, -0.2) is 0 Å². The molecule has 0 spiro atoms. The van der Waals surface area contributed by atoms with Crippen molar-refractivity contribution >= 4 is 63.2 Å². The maximum atomic E-state index is 11.6. The smallest absolute Gasteiger partial charge is 0.221 e. The fraction of sp³-hybridized carbons (Fsp3) is 0.385. The van der Waals surface area contributed by atoms with Crippen LogP contribution in [0.5, 0.6) is 0 Å². The molecule has 1 aliphatic rings. The highest BCUT2D eigenvalue weighted by atomic mass is 32.2. The van der Waals surface area contributed by atoms with Crippen molar-refractivity contribution in [2.24, 2.45) is 0 Å². The minimum atomic E-state index is -0.0767. The Bertz CT molecular complexity index is 1090. The molecule has 10 heteroatoms. The van der Waals surface area contributed by atoms with Gasteiger partial charge in [0.15, 0.2) is 5.11 Å². The molecule has 1 aliphatic heterocycles. The molecule has 0 saturated carbocycles. The molecule has 0 aromatic heterocycles. The van der Waals surface area contributed by atoms with Crippen molar-refractivity contribution in [2.75, 3.05) is 44.9 Å². The van der Waals surface area contributed by atoms with Gasteiger partial charge in [0, 0.05) is 66.0 Å². The zero-order chi connectivity index (χ0) is 26.2. The number of thiocarbonyl (C=S) groups is 1. The van der Waals surface area contributed by atoms with Crippen LogP contribution in [-0.4, -0.2) is 61.1 Å². The van der Waals surface area contributed by atoms with Crippen LogP contribution < -0.4 is 20.7 Å². The number of anilines is 2. The van der Waals surface area contributed by atoms with E-state index >= 15 is 0 Å². The number of rotatable bonds is 10. The lowest BCUT2D eigenvalue weighted by Gasteiger charge is -2.21. The maximum Gasteiger partial charge on any atom is 0.221 e. The van der Waals surface area contributed by atoms with Gasteiger partial charge in [-0.1, -0.05) is 30.0 Å². The van der Waals surface area contributed by atoms with E-state index in [4.69, 9.17) is 12.2 Å². The second-order valence-corrected chi connectivity index (χ2v) is 11.7. The topological polar surface area (TPSA) is 71.7 Å². The van der Waals surface area contributed by atoms with Crippen molar-refractivity contribution in [3.05, 3.63) is 59.8 Å². The van der Waals surface area contributed by atoms with Crippen molar-refractivity contribution < 1.29 is 4.79 Å². The van der Waals surface area contributed by atoms with Crippen LogP contribution in [0.2, 0.25) is 0 Å². The summed E-state index contributed by atoms with van der Waals surface area (Å²) in [6.07, 6.45) is 2.19. The Morgan fingerprint density at radius 2 is 1.83 bits per heavy atom. The fourth-order valence-corrected chi connectivity index (χ4v) is 6.11. The number of nitrogens with zero attached hydrogens (tertiary/aromatic N) is 2. The Morgan fingerprint density at radius 3 is 2.47 bits per heavy atom. The molecule has 0 aliphatic carbocycles. The average molecular weight is 545 g/mol. The predicted octanol–water partition coefficient (Wildman–Crippen LogP) is 5.17. The molecule has 4 N–H and O–H groups in total. The zero-order valence-electron chi connectivity index (χ0n) is 21.7. The van der Waals surface area contributed by atoms with E-state index in [1.807, 2.05) is 23.9 Å². The number of carbonyl (C=O) groups excluding carboxylic acids is 1. The van der Waals surface area contributed by atoms with Crippen molar-refractivity contribution in [3.8, 4) is 0 Å². The first kappa shape index (κ1) is 28.3. The standard InChI is InChI=1S/C26H36N6OS3/c1-17(2)28-26(34)30-20-9-7-19(8-10-20)25-32(6)16-24(35-25)22-12-11-21(29-18(3)33)15-23(22)36-27-13-14-31(4)5/h7-12,15-17,25,27H,13-14H2,1-6H3,(H,29,33)(H2,28,30,34). The molecule has 3 rings (SSSR count). The van der Waals surface area contributed by atoms with Crippen LogP contribution in [0.25, 0.3) is 4.91 Å². The Hall–Kier alpha value is -2.24. The van der Waals surface area contributed by atoms with Crippen molar-refractivity contribution in [1.82, 2.24) is 19.8 Å². The Balaban J connectivity index is 1.73. The number of thioether (sulfide) groups is 1. The number of likely N-dealkylation sites (N-methyl/N-ethyl adjacent to an activating group) is 1. The third kappa shape index (κ3) is 8.41. The normalized spacial score (nSPS) is 15.3. The second kappa shape index (κ2) is 13.3. The van der Waals surface area contributed by atoms with Gasteiger partial charge >= 0.3 is 0 Å². The molecule has 1 atom stereocenters. The molecule has 0 fully saturated rings. The number of hydrogen-bond donors (Lipinski definition) is 4. The van der Waals surface area contributed by atoms with Gasteiger partial charge in [0.25, 0.3) is 0 Å². The molecule has 2 aromatic carbocycles. The van der Waals surface area contributed by atoms with Gasteiger partial charge in [-0.3, -0.25) is 9.52 Å². The molecule has 1 unspecified atom stereocenters. The minimum Gasteiger partial charge on any atom is -0.363 e. The summed E-state index contributed by atoms with van der Waals surface area (Å²) in [5.74, 6) is -0.0767. The third-order valence-electron chi connectivity index (χ3n) is 5.21. The van der Waals surface area contributed by atoms with Crippen LogP contribution in [0.1, 0.15) is 37.3 Å². The minimum absolute atomic E-state index is 0.0767. The summed E-state index contributed by atoms with van der Waals surface area (Å²) in [5.41, 5.74) is 4.13. The second-order valence-electron chi connectivity index (χ2n) is 9.20. The largest absolute Gasteiger partial charge is 0.363 e. The molecule has 0 radical (unpaired) electrons. The number of nitrogens with one attached hydrogen (secondary N) is 4. The first-order chi connectivity index (χ1) is 17.1. The van der Waals surface area contributed by atoms with Crippen molar-refractivity contribution in [2.45, 2.75) is 37.1 Å². The summed E-state index contributed by atoms with van der Waals surface area (Å²) in [4.78, 5) is 18.3. The molecular formula is C26H36N6OS3. The summed E-state index contributed by atoms with van der Waals surface area (Å²) in [6.45, 7) is 7.45. The third-order valence-corrected chi connectivity index (χ3v) is 7.75. The van der Waals surface area contributed by atoms with Gasteiger partial charge in [0.2, 0.25) is 5.91 Å². The maximum absolute atomic E-state index is 11.6. The highest BCUT2D eigenvalue weighted by Crippen LogP contribution is 2.49. The van der Waals surface area contributed by atoms with Crippen molar-refractivity contribution in [3.63, 3.8) is 0 Å². The summed E-state index contributed by atoms with van der Waals surface area (Å²) in [7, 11) is 6.22. The SMILES string of the molecule is CC(=O)Nc1ccc(C2=CN(C)C(c3ccc(NC(=S)NC(C)C)cc3)S2)c(SNCCN(C)C)c1. The van der Waals surface area contributed by atoms with Gasteiger partial charge in [0.1, 0.15) is 5.37 Å². The summed E-state index contributed by atoms with van der Waals surface area (Å²) < 4.78 is 3.45. The monoisotopic (exact) mass is 544 g/mol. The van der Waals surface area contributed by atoms with Gasteiger partial charge < -0.3 is 25.8 Å². The highest BCUT2D eigenvalue weighted by Gasteiger charge is 2.26. The van der Waals surface area contributed by atoms with Crippen LogP contribution in [0, 0.1) is 0 Å². The van der Waals surface area contributed by atoms with Crippen LogP contribution in [0.15, 0.2) is 53.6 Å². The van der Waals surface area contributed by atoms with Gasteiger partial charge in [0.05, 0.1) is 0 Å². The summed E-state index contributed by atoms with van der Waals surface area (Å²) in [6, 6.07) is 14.8. The van der Waals surface area contributed by atoms with Crippen LogP contribution in [0.3, 0.4) is 0 Å². The van der Waals surface area contributed by atoms with E-state index in [-0.39, 0.29) is 17.3 Å². The van der Waals surface area contributed by atoms with Gasteiger partial charge in [-0.2, -0.15) is 0 Å².